The van der Waals surface area contributed by atoms with Gasteiger partial charge in [-0.25, -0.2) is 0 Å². The summed E-state index contributed by atoms with van der Waals surface area (Å²) >= 11 is 0. The van der Waals surface area contributed by atoms with Crippen molar-refractivity contribution in [2.75, 3.05) is 0 Å². The third-order valence-corrected chi connectivity index (χ3v) is 4.28. The molecule has 1 aromatic heterocycles. The minimum Gasteiger partial charge on any atom is -0.482 e. The van der Waals surface area contributed by atoms with Gasteiger partial charge in [-0.05, 0) is 54.4 Å². The third-order valence-electron chi connectivity index (χ3n) is 4.28. The first-order chi connectivity index (χ1) is 11.0. The zero-order valence-corrected chi connectivity index (χ0v) is 16.2. The molecular weight excluding hydrogens is 294 g/mol. The van der Waals surface area contributed by atoms with Crippen LogP contribution >= 0.6 is 0 Å². The van der Waals surface area contributed by atoms with Crippen LogP contribution in [0.15, 0.2) is 48.8 Å². The molecule has 2 heteroatoms. The lowest BCUT2D eigenvalue weighted by molar-refractivity contribution is 0.105. The van der Waals surface area contributed by atoms with E-state index in [-0.39, 0.29) is 10.8 Å². The summed E-state index contributed by atoms with van der Waals surface area (Å²) in [6.07, 6.45) is 4.64. The van der Waals surface area contributed by atoms with Gasteiger partial charge in [-0.1, -0.05) is 58.9 Å². The zero-order valence-electron chi connectivity index (χ0n) is 16.2. The van der Waals surface area contributed by atoms with Gasteiger partial charge < -0.3 is 4.74 Å². The van der Waals surface area contributed by atoms with E-state index in [9.17, 15) is 0 Å². The van der Waals surface area contributed by atoms with Gasteiger partial charge in [0, 0.05) is 6.20 Å². The molecule has 0 N–H and O–H groups in total. The minimum absolute atomic E-state index is 0.0738. The lowest BCUT2D eigenvalue weighted by Gasteiger charge is -2.38. The molecule has 0 spiro atoms. The first-order valence-electron chi connectivity index (χ1n) is 8.70. The molecule has 2 rings (SSSR count). The van der Waals surface area contributed by atoms with Crippen LogP contribution in [0.25, 0.3) is 0 Å². The molecule has 24 heavy (non-hydrogen) atoms. The predicted molar refractivity (Wildman–Crippen MR) is 101 cm³/mol. The molecule has 2 aromatic rings. The van der Waals surface area contributed by atoms with Crippen molar-refractivity contribution in [3.05, 3.63) is 59.9 Å². The monoisotopic (exact) mass is 325 g/mol. The molecule has 1 heterocycles. The van der Waals surface area contributed by atoms with Gasteiger partial charge >= 0.3 is 0 Å². The van der Waals surface area contributed by atoms with Crippen LogP contribution in [0, 0.1) is 5.41 Å². The summed E-state index contributed by atoms with van der Waals surface area (Å²) in [5.41, 5.74) is 2.52. The molecule has 0 saturated carbocycles. The lowest BCUT2D eigenvalue weighted by atomic mass is 9.69. The van der Waals surface area contributed by atoms with E-state index >= 15 is 0 Å². The van der Waals surface area contributed by atoms with Crippen LogP contribution in [0.1, 0.15) is 66.0 Å². The Labute approximate surface area is 147 Å². The zero-order chi connectivity index (χ0) is 18.0. The molecule has 0 saturated heterocycles. The van der Waals surface area contributed by atoms with Crippen LogP contribution in [0.4, 0.5) is 0 Å². The van der Waals surface area contributed by atoms with Gasteiger partial charge in [-0.3, -0.25) is 4.98 Å². The number of ether oxygens (including phenoxy) is 1. The average molecular weight is 325 g/mol. The molecule has 2 nitrogen and oxygen atoms in total. The Balaban J connectivity index is 2.40. The lowest BCUT2D eigenvalue weighted by Crippen LogP contribution is -2.32. The summed E-state index contributed by atoms with van der Waals surface area (Å²) in [6, 6.07) is 12.5. The number of nitrogens with zero attached hydrogens (tertiary/aromatic N) is 1. The molecule has 0 aliphatic carbocycles. The van der Waals surface area contributed by atoms with Crippen LogP contribution in [0.2, 0.25) is 0 Å². The average Bonchev–Trinajstić information content (AvgIpc) is 2.45. The van der Waals surface area contributed by atoms with Crippen molar-refractivity contribution < 1.29 is 4.74 Å². The van der Waals surface area contributed by atoms with Crippen molar-refractivity contribution in [3.8, 4) is 5.75 Å². The van der Waals surface area contributed by atoms with Gasteiger partial charge in [0.2, 0.25) is 0 Å². The van der Waals surface area contributed by atoms with E-state index in [1.165, 1.54) is 11.1 Å². The Morgan fingerprint density at radius 3 is 2.00 bits per heavy atom. The second-order valence-electron chi connectivity index (χ2n) is 8.97. The Morgan fingerprint density at radius 1 is 0.833 bits per heavy atom. The van der Waals surface area contributed by atoms with Gasteiger partial charge in [-0.15, -0.1) is 0 Å². The Kier molecular flexibility index (Phi) is 5.08. The summed E-state index contributed by atoms with van der Waals surface area (Å²) < 4.78 is 6.29. The van der Waals surface area contributed by atoms with Gasteiger partial charge in [0.25, 0.3) is 0 Å². The summed E-state index contributed by atoms with van der Waals surface area (Å²) in [7, 11) is 0. The third kappa shape index (κ3) is 4.59. The van der Waals surface area contributed by atoms with Crippen LogP contribution in [-0.2, 0) is 11.0 Å². The fourth-order valence-electron chi connectivity index (χ4n) is 3.78. The molecule has 0 unspecified atom stereocenters. The number of aromatic nitrogens is 1. The van der Waals surface area contributed by atoms with Crippen LogP contribution in [0.5, 0.6) is 5.75 Å². The number of rotatable bonds is 5. The normalized spacial score (nSPS) is 13.0. The number of benzene rings is 1. The SMILES string of the molecule is CC(C)(C)CC(C)(C)c1ccccc1C(C)(C)Oc1cccnc1. The summed E-state index contributed by atoms with van der Waals surface area (Å²) in [4.78, 5) is 4.16. The Morgan fingerprint density at radius 2 is 1.46 bits per heavy atom. The van der Waals surface area contributed by atoms with Crippen molar-refractivity contribution in [2.45, 2.75) is 65.9 Å². The molecule has 130 valence electrons. The van der Waals surface area contributed by atoms with E-state index in [4.69, 9.17) is 4.74 Å². The smallest absolute Gasteiger partial charge is 0.138 e. The fraction of sp³-hybridized carbons (Fsp3) is 0.500. The van der Waals surface area contributed by atoms with E-state index < -0.39 is 5.60 Å². The van der Waals surface area contributed by atoms with Gasteiger partial charge in [0.15, 0.2) is 0 Å². The molecular formula is C22H31NO. The molecule has 1 aromatic carbocycles. The first kappa shape index (κ1) is 18.5. The molecule has 0 radical (unpaired) electrons. The number of hydrogen-bond acceptors (Lipinski definition) is 2. The van der Waals surface area contributed by atoms with E-state index in [1.54, 1.807) is 12.4 Å². The number of pyridine rings is 1. The van der Waals surface area contributed by atoms with Crippen LogP contribution in [-0.4, -0.2) is 4.98 Å². The van der Waals surface area contributed by atoms with Gasteiger partial charge in [-0.2, -0.15) is 0 Å². The maximum Gasteiger partial charge on any atom is 0.138 e. The van der Waals surface area contributed by atoms with Gasteiger partial charge in [0.05, 0.1) is 6.20 Å². The van der Waals surface area contributed by atoms with Crippen molar-refractivity contribution in [3.63, 3.8) is 0 Å². The molecule has 0 bridgehead atoms. The molecule has 0 aliphatic rings. The highest BCUT2D eigenvalue weighted by atomic mass is 16.5. The summed E-state index contributed by atoms with van der Waals surface area (Å²) in [5, 5.41) is 0. The van der Waals surface area contributed by atoms with E-state index in [0.29, 0.717) is 0 Å². The van der Waals surface area contributed by atoms with Crippen LogP contribution < -0.4 is 4.74 Å². The maximum atomic E-state index is 6.29. The molecule has 0 atom stereocenters. The summed E-state index contributed by atoms with van der Waals surface area (Å²) in [6.45, 7) is 15.8. The topological polar surface area (TPSA) is 22.1 Å². The largest absolute Gasteiger partial charge is 0.482 e. The van der Waals surface area contributed by atoms with Crippen molar-refractivity contribution in [1.29, 1.82) is 0 Å². The second kappa shape index (κ2) is 6.58. The van der Waals surface area contributed by atoms with Crippen LogP contribution in [0.3, 0.4) is 0 Å². The standard InChI is InChI=1S/C22H31NO/c1-20(2,3)16-21(4,5)18-12-8-9-13-19(18)22(6,7)24-17-11-10-14-23-15-17/h8-15H,16H2,1-7H3. The molecule has 0 aliphatic heterocycles. The van der Waals surface area contributed by atoms with Crippen molar-refractivity contribution >= 4 is 0 Å². The Bertz CT molecular complexity index is 666. The first-order valence-corrected chi connectivity index (χ1v) is 8.70. The highest BCUT2D eigenvalue weighted by Gasteiger charge is 2.34. The molecule has 0 fully saturated rings. The van der Waals surface area contributed by atoms with Gasteiger partial charge in [0.1, 0.15) is 11.4 Å². The highest BCUT2D eigenvalue weighted by Crippen LogP contribution is 2.41. The van der Waals surface area contributed by atoms with E-state index in [2.05, 4.69) is 77.7 Å². The fourth-order valence-corrected chi connectivity index (χ4v) is 3.78. The van der Waals surface area contributed by atoms with E-state index in [0.717, 1.165) is 12.2 Å². The predicted octanol–water partition coefficient (Wildman–Crippen LogP) is 6.11. The van der Waals surface area contributed by atoms with E-state index in [1.807, 2.05) is 12.1 Å². The van der Waals surface area contributed by atoms with Crippen molar-refractivity contribution in [1.82, 2.24) is 4.98 Å². The maximum absolute atomic E-state index is 6.29. The van der Waals surface area contributed by atoms with Crippen molar-refractivity contribution in [2.24, 2.45) is 5.41 Å². The quantitative estimate of drug-likeness (QED) is 0.661. The minimum atomic E-state index is -0.422. The Hall–Kier alpha value is -1.83. The number of hydrogen-bond donors (Lipinski definition) is 0. The highest BCUT2D eigenvalue weighted by molar-refractivity contribution is 5.38. The molecule has 0 amide bonds. The second-order valence-corrected chi connectivity index (χ2v) is 8.97. The summed E-state index contributed by atoms with van der Waals surface area (Å²) in [5.74, 6) is 0.797.